The van der Waals surface area contributed by atoms with E-state index < -0.39 is 17.5 Å². The second-order valence-electron chi connectivity index (χ2n) is 7.05. The summed E-state index contributed by atoms with van der Waals surface area (Å²) in [4.78, 5) is 25.4. The van der Waals surface area contributed by atoms with Crippen molar-refractivity contribution in [3.63, 3.8) is 0 Å². The highest BCUT2D eigenvalue weighted by atomic mass is 79.9. The van der Waals surface area contributed by atoms with Crippen LogP contribution in [0.3, 0.4) is 0 Å². The van der Waals surface area contributed by atoms with Crippen molar-refractivity contribution in [2.24, 2.45) is 0 Å². The zero-order chi connectivity index (χ0) is 22.0. The normalized spacial score (nSPS) is 19.8. The largest absolute Gasteiger partial charge is 0.497 e. The lowest BCUT2D eigenvalue weighted by Gasteiger charge is -2.37. The predicted molar refractivity (Wildman–Crippen MR) is 117 cm³/mol. The van der Waals surface area contributed by atoms with Crippen LogP contribution < -0.4 is 14.2 Å². The maximum absolute atomic E-state index is 13.4. The summed E-state index contributed by atoms with van der Waals surface area (Å²) in [6, 6.07) is 19.0. The summed E-state index contributed by atoms with van der Waals surface area (Å²) < 4.78 is 17.4. The molecule has 3 aromatic carbocycles. The van der Waals surface area contributed by atoms with Gasteiger partial charge in [0.2, 0.25) is 11.4 Å². The minimum atomic E-state index is -2.26. The maximum Gasteiger partial charge on any atom is 0.207 e. The van der Waals surface area contributed by atoms with Crippen molar-refractivity contribution in [3.8, 4) is 17.2 Å². The number of aldehydes is 1. The summed E-state index contributed by atoms with van der Waals surface area (Å²) in [5, 5.41) is 11.6. The van der Waals surface area contributed by atoms with Crippen molar-refractivity contribution < 1.29 is 28.9 Å². The van der Waals surface area contributed by atoms with Crippen LogP contribution in [0, 0.1) is 0 Å². The van der Waals surface area contributed by atoms with Gasteiger partial charge in [-0.3, -0.25) is 9.59 Å². The van der Waals surface area contributed by atoms with Gasteiger partial charge in [0.25, 0.3) is 0 Å². The van der Waals surface area contributed by atoms with Gasteiger partial charge in [-0.05, 0) is 35.9 Å². The number of methoxy groups -OCH3 is 1. The van der Waals surface area contributed by atoms with E-state index in [-0.39, 0.29) is 29.2 Å². The molecule has 0 bridgehead atoms. The molecule has 1 aliphatic heterocycles. The summed E-state index contributed by atoms with van der Waals surface area (Å²) in [6.07, 6.45) is -1.05. The fourth-order valence-electron chi connectivity index (χ4n) is 3.53. The van der Waals surface area contributed by atoms with Crippen LogP contribution in [-0.4, -0.2) is 30.4 Å². The van der Waals surface area contributed by atoms with E-state index in [4.69, 9.17) is 14.2 Å². The average molecular weight is 483 g/mol. The Hall–Kier alpha value is -3.16. The smallest absolute Gasteiger partial charge is 0.207 e. The zero-order valence-electron chi connectivity index (χ0n) is 16.6. The Morgan fingerprint density at radius 2 is 1.90 bits per heavy atom. The third-order valence-corrected chi connectivity index (χ3v) is 5.65. The molecule has 2 atom stereocenters. The van der Waals surface area contributed by atoms with E-state index in [1.165, 1.54) is 19.2 Å². The third kappa shape index (κ3) is 3.82. The number of halogens is 1. The molecule has 0 radical (unpaired) electrons. The molecule has 158 valence electrons. The van der Waals surface area contributed by atoms with Crippen LogP contribution in [0.4, 0.5) is 0 Å². The molecule has 3 aromatic rings. The number of hydrogen-bond acceptors (Lipinski definition) is 6. The lowest BCUT2D eigenvalue weighted by Crippen LogP contribution is -2.53. The van der Waals surface area contributed by atoms with Gasteiger partial charge in [-0.25, -0.2) is 0 Å². The van der Waals surface area contributed by atoms with Gasteiger partial charge in [0.05, 0.1) is 12.7 Å². The number of aliphatic hydroxyl groups is 1. The van der Waals surface area contributed by atoms with Crippen LogP contribution >= 0.6 is 15.9 Å². The van der Waals surface area contributed by atoms with Gasteiger partial charge in [0.15, 0.2) is 12.4 Å². The number of Topliss-reactive ketones (excluding diaryl/α,β-unsaturated/α-hetero) is 1. The molecule has 0 aliphatic carbocycles. The number of ether oxygens (including phenoxy) is 3. The Bertz CT molecular complexity index is 1130. The van der Waals surface area contributed by atoms with Crippen LogP contribution in [0.15, 0.2) is 71.2 Å². The van der Waals surface area contributed by atoms with Gasteiger partial charge in [-0.15, -0.1) is 0 Å². The zero-order valence-corrected chi connectivity index (χ0v) is 18.2. The van der Waals surface area contributed by atoms with Crippen molar-refractivity contribution in [2.45, 2.75) is 18.3 Å². The van der Waals surface area contributed by atoms with Crippen molar-refractivity contribution in [2.75, 3.05) is 7.11 Å². The molecule has 0 amide bonds. The number of benzene rings is 3. The van der Waals surface area contributed by atoms with E-state index in [9.17, 15) is 14.7 Å². The summed E-state index contributed by atoms with van der Waals surface area (Å²) >= 11 is 3.37. The topological polar surface area (TPSA) is 82.1 Å². The molecule has 0 saturated heterocycles. The Morgan fingerprint density at radius 3 is 2.61 bits per heavy atom. The third-order valence-electron chi connectivity index (χ3n) is 5.16. The first kappa shape index (κ1) is 21.1. The van der Waals surface area contributed by atoms with Crippen molar-refractivity contribution in [1.82, 2.24) is 0 Å². The van der Waals surface area contributed by atoms with Crippen molar-refractivity contribution >= 4 is 28.0 Å². The molecule has 1 N–H and O–H groups in total. The van der Waals surface area contributed by atoms with Crippen LogP contribution in [-0.2, 0) is 17.0 Å². The molecule has 0 unspecified atom stereocenters. The summed E-state index contributed by atoms with van der Waals surface area (Å²) in [5.74, 6) is 0.260. The minimum absolute atomic E-state index is 0.140. The Balaban J connectivity index is 1.78. The van der Waals surface area contributed by atoms with E-state index >= 15 is 0 Å². The molecule has 7 heteroatoms. The fourth-order valence-corrected chi connectivity index (χ4v) is 3.90. The Labute approximate surface area is 187 Å². The summed E-state index contributed by atoms with van der Waals surface area (Å²) in [7, 11) is 1.48. The van der Waals surface area contributed by atoms with Crippen LogP contribution in [0.2, 0.25) is 0 Å². The van der Waals surface area contributed by atoms with Gasteiger partial charge in [-0.2, -0.15) is 0 Å². The number of hydrogen-bond donors (Lipinski definition) is 1. The maximum atomic E-state index is 13.4. The van der Waals surface area contributed by atoms with Gasteiger partial charge >= 0.3 is 0 Å². The molecule has 0 spiro atoms. The minimum Gasteiger partial charge on any atom is -0.497 e. The highest BCUT2D eigenvalue weighted by molar-refractivity contribution is 9.10. The Kier molecular flexibility index (Phi) is 5.80. The summed E-state index contributed by atoms with van der Waals surface area (Å²) in [5.41, 5.74) is -1.06. The lowest BCUT2D eigenvalue weighted by atomic mass is 9.79. The van der Waals surface area contributed by atoms with Gasteiger partial charge < -0.3 is 19.3 Å². The van der Waals surface area contributed by atoms with E-state index in [0.29, 0.717) is 16.5 Å². The molecule has 6 nitrogen and oxygen atoms in total. The van der Waals surface area contributed by atoms with E-state index in [1.54, 1.807) is 24.3 Å². The number of ketones is 1. The first-order valence-electron chi connectivity index (χ1n) is 9.51. The molecule has 0 fully saturated rings. The molecule has 1 aliphatic rings. The quantitative estimate of drug-likeness (QED) is 0.533. The van der Waals surface area contributed by atoms with E-state index in [1.807, 2.05) is 30.3 Å². The molecule has 0 saturated carbocycles. The van der Waals surface area contributed by atoms with Gasteiger partial charge in [0, 0.05) is 16.1 Å². The average Bonchev–Trinajstić information content (AvgIpc) is 2.80. The summed E-state index contributed by atoms with van der Waals surface area (Å²) in [6.45, 7) is 0.222. The second kappa shape index (κ2) is 8.53. The number of fused-ring (bicyclic) bond motifs is 1. The molecular weight excluding hydrogens is 464 g/mol. The Morgan fingerprint density at radius 1 is 1.13 bits per heavy atom. The SMILES string of the molecule is COc1ccc2c(c1)O[C@@H](C=O)[C@](O)(c1cc(Br)ccc1OCc1ccccc1)C2=O. The number of rotatable bonds is 6. The van der Waals surface area contributed by atoms with E-state index in [0.717, 1.165) is 5.56 Å². The molecule has 31 heavy (non-hydrogen) atoms. The van der Waals surface area contributed by atoms with Crippen molar-refractivity contribution in [3.05, 3.63) is 87.9 Å². The molecule has 4 rings (SSSR count). The van der Waals surface area contributed by atoms with E-state index in [2.05, 4.69) is 15.9 Å². The fraction of sp³-hybridized carbons (Fsp3) is 0.167. The first-order valence-corrected chi connectivity index (χ1v) is 10.3. The number of carbonyl (C=O) groups is 2. The highest BCUT2D eigenvalue weighted by Crippen LogP contribution is 2.44. The van der Waals surface area contributed by atoms with Gasteiger partial charge in [0.1, 0.15) is 23.9 Å². The molecular formula is C24H19BrO6. The van der Waals surface area contributed by atoms with Crippen LogP contribution in [0.5, 0.6) is 17.2 Å². The standard InChI is InChI=1S/C24H19BrO6/c1-29-17-8-9-18-21(12-17)31-22(13-26)24(28,23(18)27)19-11-16(25)7-10-20(19)30-14-15-5-3-2-4-6-15/h2-13,22,28H,14H2,1H3/t22-,24+/m0/s1. The molecule has 0 aromatic heterocycles. The van der Waals surface area contributed by atoms with Crippen LogP contribution in [0.1, 0.15) is 21.5 Å². The second-order valence-corrected chi connectivity index (χ2v) is 7.96. The monoisotopic (exact) mass is 482 g/mol. The number of carbonyl (C=O) groups excluding carboxylic acids is 2. The first-order chi connectivity index (χ1) is 15.0. The van der Waals surface area contributed by atoms with Crippen molar-refractivity contribution in [1.29, 1.82) is 0 Å². The van der Waals surface area contributed by atoms with Gasteiger partial charge in [-0.1, -0.05) is 46.3 Å². The van der Waals surface area contributed by atoms with Crippen LogP contribution in [0.25, 0.3) is 0 Å². The highest BCUT2D eigenvalue weighted by Gasteiger charge is 2.53. The lowest BCUT2D eigenvalue weighted by molar-refractivity contribution is -0.125. The molecule has 1 heterocycles. The predicted octanol–water partition coefficient (Wildman–Crippen LogP) is 4.07.